The number of fused-ring (bicyclic) bond motifs is 1. The van der Waals surface area contributed by atoms with Gasteiger partial charge in [0.1, 0.15) is 5.82 Å². The molecule has 0 radical (unpaired) electrons. The molecule has 3 rings (SSSR count). The van der Waals surface area contributed by atoms with Crippen LogP contribution >= 0.6 is 0 Å². The van der Waals surface area contributed by atoms with E-state index >= 15 is 0 Å². The predicted octanol–water partition coefficient (Wildman–Crippen LogP) is 1.16. The second-order valence-corrected chi connectivity index (χ2v) is 4.78. The quantitative estimate of drug-likeness (QED) is 0.621. The Balaban J connectivity index is 1.75. The van der Waals surface area contributed by atoms with Crippen molar-refractivity contribution < 1.29 is 5.11 Å². The van der Waals surface area contributed by atoms with Crippen LogP contribution in [-0.4, -0.2) is 31.2 Å². The first-order valence-electron chi connectivity index (χ1n) is 6.59. The molecular formula is C14H16N6O. The Morgan fingerprint density at radius 1 is 1.29 bits per heavy atom. The van der Waals surface area contributed by atoms with Crippen LogP contribution in [0.3, 0.4) is 0 Å². The fourth-order valence-corrected chi connectivity index (χ4v) is 2.10. The highest BCUT2D eigenvalue weighted by molar-refractivity contribution is 5.62. The van der Waals surface area contributed by atoms with Crippen molar-refractivity contribution >= 4 is 17.2 Å². The fourth-order valence-electron chi connectivity index (χ4n) is 2.10. The topological polar surface area (TPSA) is 101 Å². The number of nitrogens with one attached hydrogen (secondary N) is 1. The molecule has 0 aliphatic rings. The second kappa shape index (κ2) is 5.37. The molecule has 7 heteroatoms. The molecule has 2 aromatic heterocycles. The summed E-state index contributed by atoms with van der Waals surface area (Å²) in [6.45, 7) is 2.19. The van der Waals surface area contributed by atoms with E-state index in [1.165, 1.54) is 0 Å². The van der Waals surface area contributed by atoms with Gasteiger partial charge in [0.15, 0.2) is 5.82 Å². The zero-order valence-corrected chi connectivity index (χ0v) is 11.6. The molecule has 4 N–H and O–H groups in total. The maximum atomic E-state index is 10.2. The van der Waals surface area contributed by atoms with Crippen LogP contribution in [0.15, 0.2) is 36.7 Å². The van der Waals surface area contributed by atoms with Crippen LogP contribution in [0.2, 0.25) is 0 Å². The van der Waals surface area contributed by atoms with Crippen molar-refractivity contribution in [1.82, 2.24) is 19.6 Å². The molecule has 0 amide bonds. The van der Waals surface area contributed by atoms with Crippen LogP contribution in [0.25, 0.3) is 5.65 Å². The van der Waals surface area contributed by atoms with E-state index < -0.39 is 6.10 Å². The largest absolute Gasteiger partial charge is 0.399 e. The molecule has 0 aliphatic carbocycles. The van der Waals surface area contributed by atoms with Crippen LogP contribution in [0.4, 0.5) is 11.5 Å². The van der Waals surface area contributed by atoms with Gasteiger partial charge in [-0.3, -0.25) is 4.40 Å². The lowest BCUT2D eigenvalue weighted by Gasteiger charge is -2.13. The Labute approximate surface area is 121 Å². The number of hydrogen-bond acceptors (Lipinski definition) is 6. The number of aromatic nitrogens is 4. The zero-order valence-electron chi connectivity index (χ0n) is 11.6. The van der Waals surface area contributed by atoms with Gasteiger partial charge in [0.25, 0.3) is 0 Å². The number of nitrogen functional groups attached to an aromatic ring is 1. The van der Waals surface area contributed by atoms with E-state index in [1.54, 1.807) is 36.7 Å². The van der Waals surface area contributed by atoms with Gasteiger partial charge in [0.05, 0.1) is 6.10 Å². The zero-order chi connectivity index (χ0) is 14.8. The molecule has 7 nitrogen and oxygen atoms in total. The van der Waals surface area contributed by atoms with Gasteiger partial charge in [-0.25, -0.2) is 4.98 Å². The number of nitrogens with two attached hydrogens (primary N) is 1. The summed E-state index contributed by atoms with van der Waals surface area (Å²) in [5.41, 5.74) is 7.73. The van der Waals surface area contributed by atoms with E-state index in [9.17, 15) is 5.11 Å². The summed E-state index contributed by atoms with van der Waals surface area (Å²) >= 11 is 0. The van der Waals surface area contributed by atoms with Crippen molar-refractivity contribution in [3.05, 3.63) is 48.0 Å². The standard InChI is InChI=1S/C14H16N6O/c1-9-18-19-14-13(16-6-7-20(9)14)17-8-12(21)10-2-4-11(15)5-3-10/h2-7,12,21H,8,15H2,1H3,(H,16,17). The predicted molar refractivity (Wildman–Crippen MR) is 79.8 cm³/mol. The van der Waals surface area contributed by atoms with E-state index in [-0.39, 0.29) is 0 Å². The van der Waals surface area contributed by atoms with Crippen LogP contribution in [0.1, 0.15) is 17.5 Å². The Hall–Kier alpha value is -2.67. The van der Waals surface area contributed by atoms with E-state index in [4.69, 9.17) is 5.73 Å². The fraction of sp³-hybridized carbons (Fsp3) is 0.214. The Morgan fingerprint density at radius 3 is 2.81 bits per heavy atom. The minimum atomic E-state index is -0.656. The highest BCUT2D eigenvalue weighted by Gasteiger charge is 2.11. The highest BCUT2D eigenvalue weighted by Crippen LogP contribution is 2.17. The van der Waals surface area contributed by atoms with Crippen molar-refractivity contribution in [1.29, 1.82) is 0 Å². The van der Waals surface area contributed by atoms with Crippen molar-refractivity contribution in [2.75, 3.05) is 17.6 Å². The first kappa shape index (κ1) is 13.3. The average Bonchev–Trinajstić information content (AvgIpc) is 2.88. The summed E-state index contributed by atoms with van der Waals surface area (Å²) in [4.78, 5) is 4.23. The molecule has 0 saturated heterocycles. The third kappa shape index (κ3) is 2.63. The number of benzene rings is 1. The van der Waals surface area contributed by atoms with Gasteiger partial charge in [-0.05, 0) is 24.6 Å². The molecule has 108 valence electrons. The Bertz CT molecular complexity index is 752. The van der Waals surface area contributed by atoms with Crippen molar-refractivity contribution in [2.24, 2.45) is 0 Å². The highest BCUT2D eigenvalue weighted by atomic mass is 16.3. The molecule has 21 heavy (non-hydrogen) atoms. The average molecular weight is 284 g/mol. The number of hydrogen-bond donors (Lipinski definition) is 3. The smallest absolute Gasteiger partial charge is 0.203 e. The monoisotopic (exact) mass is 284 g/mol. The molecule has 3 aromatic rings. The van der Waals surface area contributed by atoms with Gasteiger partial charge >= 0.3 is 0 Å². The maximum Gasteiger partial charge on any atom is 0.203 e. The number of aliphatic hydroxyl groups excluding tert-OH is 1. The van der Waals surface area contributed by atoms with Crippen molar-refractivity contribution in [3.63, 3.8) is 0 Å². The van der Waals surface area contributed by atoms with Gasteiger partial charge in [0.2, 0.25) is 5.65 Å². The van der Waals surface area contributed by atoms with E-state index in [0.717, 1.165) is 11.4 Å². The van der Waals surface area contributed by atoms with Gasteiger partial charge in [-0.1, -0.05) is 12.1 Å². The molecule has 0 bridgehead atoms. The van der Waals surface area contributed by atoms with Crippen LogP contribution in [0, 0.1) is 6.92 Å². The normalized spacial score (nSPS) is 12.5. The summed E-state index contributed by atoms with van der Waals surface area (Å²) in [5, 5.41) is 21.4. The molecular weight excluding hydrogens is 268 g/mol. The van der Waals surface area contributed by atoms with E-state index in [2.05, 4.69) is 20.5 Å². The Morgan fingerprint density at radius 2 is 2.05 bits per heavy atom. The number of aryl methyl sites for hydroxylation is 1. The summed E-state index contributed by atoms with van der Waals surface area (Å²) < 4.78 is 1.84. The summed E-state index contributed by atoms with van der Waals surface area (Å²) in [6, 6.07) is 7.13. The third-order valence-corrected chi connectivity index (χ3v) is 3.28. The lowest BCUT2D eigenvalue weighted by atomic mass is 10.1. The molecule has 0 saturated carbocycles. The molecule has 1 aromatic carbocycles. The maximum absolute atomic E-state index is 10.2. The van der Waals surface area contributed by atoms with Gasteiger partial charge in [0, 0.05) is 24.6 Å². The second-order valence-electron chi connectivity index (χ2n) is 4.78. The molecule has 0 fully saturated rings. The minimum Gasteiger partial charge on any atom is -0.399 e. The van der Waals surface area contributed by atoms with Crippen LogP contribution < -0.4 is 11.1 Å². The molecule has 0 aliphatic heterocycles. The van der Waals surface area contributed by atoms with Gasteiger partial charge in [-0.2, -0.15) is 0 Å². The number of anilines is 2. The first-order chi connectivity index (χ1) is 10.1. The SMILES string of the molecule is Cc1nnc2c(NCC(O)c3ccc(N)cc3)nccn12. The van der Waals surface area contributed by atoms with Gasteiger partial charge in [-0.15, -0.1) is 10.2 Å². The van der Waals surface area contributed by atoms with Crippen molar-refractivity contribution in [3.8, 4) is 0 Å². The van der Waals surface area contributed by atoms with Crippen LogP contribution in [0.5, 0.6) is 0 Å². The lowest BCUT2D eigenvalue weighted by Crippen LogP contribution is -2.13. The molecule has 1 unspecified atom stereocenters. The third-order valence-electron chi connectivity index (χ3n) is 3.28. The number of aliphatic hydroxyl groups is 1. The summed E-state index contributed by atoms with van der Waals surface area (Å²) in [5.74, 6) is 1.38. The van der Waals surface area contributed by atoms with Crippen LogP contribution in [-0.2, 0) is 0 Å². The van der Waals surface area contributed by atoms with E-state index in [0.29, 0.717) is 23.7 Å². The first-order valence-corrected chi connectivity index (χ1v) is 6.59. The summed E-state index contributed by atoms with van der Waals surface area (Å²) in [7, 11) is 0. The number of rotatable bonds is 4. The number of nitrogens with zero attached hydrogens (tertiary/aromatic N) is 4. The minimum absolute atomic E-state index is 0.322. The molecule has 1 atom stereocenters. The lowest BCUT2D eigenvalue weighted by molar-refractivity contribution is 0.191. The van der Waals surface area contributed by atoms with Gasteiger partial charge < -0.3 is 16.2 Å². The summed E-state index contributed by atoms with van der Waals surface area (Å²) in [6.07, 6.45) is 2.81. The van der Waals surface area contributed by atoms with E-state index in [1.807, 2.05) is 11.3 Å². The van der Waals surface area contributed by atoms with Crippen molar-refractivity contribution in [2.45, 2.75) is 13.0 Å². The molecule has 0 spiro atoms. The Kier molecular flexibility index (Phi) is 3.41. The molecule has 2 heterocycles.